The normalized spacial score (nSPS) is 22.5. The van der Waals surface area contributed by atoms with Crippen molar-refractivity contribution in [1.82, 2.24) is 4.90 Å². The monoisotopic (exact) mass is 455 g/mol. The van der Waals surface area contributed by atoms with Crippen LogP contribution in [-0.4, -0.2) is 41.9 Å². The molecule has 1 saturated carbocycles. The molecule has 0 unspecified atom stereocenters. The maximum atomic E-state index is 14.7. The summed E-state index contributed by atoms with van der Waals surface area (Å²) in [6.07, 6.45) is 0.179. The molecule has 1 aliphatic heterocycles. The van der Waals surface area contributed by atoms with Crippen molar-refractivity contribution in [2.75, 3.05) is 18.6 Å². The molecule has 32 heavy (non-hydrogen) atoms. The van der Waals surface area contributed by atoms with Crippen molar-refractivity contribution in [3.63, 3.8) is 0 Å². The minimum atomic E-state index is -1.28. The summed E-state index contributed by atoms with van der Waals surface area (Å²) in [4.78, 5) is 41.4. The van der Waals surface area contributed by atoms with Crippen LogP contribution in [0.4, 0.5) is 10.1 Å². The van der Waals surface area contributed by atoms with E-state index < -0.39 is 29.2 Å². The van der Waals surface area contributed by atoms with Gasteiger partial charge in [-0.3, -0.25) is 19.3 Å². The van der Waals surface area contributed by atoms with Gasteiger partial charge in [0.15, 0.2) is 0 Å². The first kappa shape index (κ1) is 21.8. The lowest BCUT2D eigenvalue weighted by molar-refractivity contribution is -0.171. The predicted molar refractivity (Wildman–Crippen MR) is 113 cm³/mol. The van der Waals surface area contributed by atoms with E-state index in [1.165, 1.54) is 24.1 Å². The van der Waals surface area contributed by atoms with Crippen molar-refractivity contribution in [1.29, 1.82) is 5.26 Å². The van der Waals surface area contributed by atoms with Gasteiger partial charge in [0.25, 0.3) is 5.91 Å². The number of esters is 1. The van der Waals surface area contributed by atoms with Gasteiger partial charge < -0.3 is 9.64 Å². The third-order valence-corrected chi connectivity index (χ3v) is 6.33. The van der Waals surface area contributed by atoms with Gasteiger partial charge in [-0.25, -0.2) is 4.39 Å². The number of benzene rings is 2. The number of nitrogens with zero attached hydrogens (tertiary/aromatic N) is 3. The molecule has 0 radical (unpaired) electrons. The molecule has 2 amide bonds. The van der Waals surface area contributed by atoms with E-state index >= 15 is 0 Å². The third-order valence-electron chi connectivity index (χ3n) is 6.08. The molecule has 164 valence electrons. The average molecular weight is 456 g/mol. The van der Waals surface area contributed by atoms with E-state index in [1.54, 1.807) is 24.3 Å². The molecule has 2 aromatic carbocycles. The molecule has 0 N–H and O–H groups in total. The summed E-state index contributed by atoms with van der Waals surface area (Å²) in [5.41, 5.74) is -0.479. The summed E-state index contributed by atoms with van der Waals surface area (Å²) < 4.78 is 19.5. The Hall–Kier alpha value is -3.44. The Morgan fingerprint density at radius 3 is 2.53 bits per heavy atom. The van der Waals surface area contributed by atoms with Gasteiger partial charge >= 0.3 is 5.97 Å². The van der Waals surface area contributed by atoms with Crippen LogP contribution in [-0.2, 0) is 25.7 Å². The minimum absolute atomic E-state index is 0.0746. The summed E-state index contributed by atoms with van der Waals surface area (Å²) in [6, 6.07) is 12.5. The minimum Gasteiger partial charge on any atom is -0.469 e. The number of amides is 2. The fourth-order valence-electron chi connectivity index (χ4n) is 4.38. The quantitative estimate of drug-likeness (QED) is 0.661. The van der Waals surface area contributed by atoms with Crippen LogP contribution in [0.25, 0.3) is 0 Å². The molecule has 0 bridgehead atoms. The lowest BCUT2D eigenvalue weighted by Gasteiger charge is -2.56. The number of methoxy groups -OCH3 is 1. The van der Waals surface area contributed by atoms with Crippen LogP contribution < -0.4 is 4.90 Å². The number of ether oxygens (including phenoxy) is 1. The van der Waals surface area contributed by atoms with E-state index in [1.807, 2.05) is 6.07 Å². The van der Waals surface area contributed by atoms with Gasteiger partial charge in [0.1, 0.15) is 17.9 Å². The van der Waals surface area contributed by atoms with Crippen LogP contribution in [0, 0.1) is 23.1 Å². The Kier molecular flexibility index (Phi) is 5.61. The topological polar surface area (TPSA) is 90.7 Å². The van der Waals surface area contributed by atoms with E-state index in [0.29, 0.717) is 5.02 Å². The summed E-state index contributed by atoms with van der Waals surface area (Å²) in [6.45, 7) is -0.195. The molecule has 0 aromatic heterocycles. The van der Waals surface area contributed by atoms with Gasteiger partial charge in [0, 0.05) is 11.6 Å². The first-order valence-electron chi connectivity index (χ1n) is 9.93. The van der Waals surface area contributed by atoms with Gasteiger partial charge in [0.05, 0.1) is 30.3 Å². The second-order valence-electron chi connectivity index (χ2n) is 7.94. The molecule has 1 aliphatic carbocycles. The Bertz CT molecular complexity index is 1140. The highest BCUT2D eigenvalue weighted by molar-refractivity contribution is 6.30. The SMILES string of the molecule is COC(=O)C1CC2(C1)C(=O)N(c1ccc(C#N)cc1F)CC(=O)N2Cc1ccc(Cl)cc1. The third kappa shape index (κ3) is 3.59. The number of anilines is 1. The van der Waals surface area contributed by atoms with Crippen LogP contribution in [0.5, 0.6) is 0 Å². The fraction of sp³-hybridized carbons (Fsp3) is 0.304. The largest absolute Gasteiger partial charge is 0.469 e. The van der Waals surface area contributed by atoms with Crippen LogP contribution in [0.3, 0.4) is 0 Å². The van der Waals surface area contributed by atoms with Crippen LogP contribution in [0.15, 0.2) is 42.5 Å². The van der Waals surface area contributed by atoms with E-state index in [9.17, 15) is 18.8 Å². The lowest BCUT2D eigenvalue weighted by atomic mass is 9.65. The number of carbonyl (C=O) groups excluding carboxylic acids is 3. The smallest absolute Gasteiger partial charge is 0.308 e. The molecule has 2 aliphatic rings. The molecule has 1 spiro atoms. The van der Waals surface area contributed by atoms with Crippen molar-refractivity contribution >= 4 is 35.1 Å². The first-order valence-corrected chi connectivity index (χ1v) is 10.3. The number of hydrogen-bond acceptors (Lipinski definition) is 5. The average Bonchev–Trinajstić information content (AvgIpc) is 2.76. The van der Waals surface area contributed by atoms with E-state index in [-0.39, 0.29) is 43.1 Å². The van der Waals surface area contributed by atoms with Gasteiger partial charge in [-0.15, -0.1) is 0 Å². The summed E-state index contributed by atoms with van der Waals surface area (Å²) in [5.74, 6) is -2.59. The molecule has 2 aromatic rings. The summed E-state index contributed by atoms with van der Waals surface area (Å²) >= 11 is 5.95. The maximum Gasteiger partial charge on any atom is 0.308 e. The highest BCUT2D eigenvalue weighted by atomic mass is 35.5. The zero-order chi connectivity index (χ0) is 23.0. The fourth-order valence-corrected chi connectivity index (χ4v) is 4.51. The summed E-state index contributed by atoms with van der Waals surface area (Å²) in [5, 5.41) is 9.52. The van der Waals surface area contributed by atoms with Gasteiger partial charge in [-0.1, -0.05) is 23.7 Å². The Balaban J connectivity index is 1.70. The summed E-state index contributed by atoms with van der Waals surface area (Å²) in [7, 11) is 1.27. The van der Waals surface area contributed by atoms with Crippen molar-refractivity contribution in [3.05, 3.63) is 64.4 Å². The standard InChI is InChI=1S/C23H19ClFN3O4/c1-32-21(30)16-9-23(10-16)22(31)27(19-7-4-15(11-26)8-18(19)25)13-20(29)28(23)12-14-2-5-17(24)6-3-14/h2-8,16H,9-10,12-13H2,1H3. The molecular formula is C23H19ClFN3O4. The highest BCUT2D eigenvalue weighted by Gasteiger charge is 2.62. The highest BCUT2D eigenvalue weighted by Crippen LogP contribution is 2.48. The van der Waals surface area contributed by atoms with E-state index in [0.717, 1.165) is 16.5 Å². The number of halogens is 2. The second-order valence-corrected chi connectivity index (χ2v) is 8.37. The zero-order valence-corrected chi connectivity index (χ0v) is 17.9. The molecular weight excluding hydrogens is 437 g/mol. The number of rotatable bonds is 4. The molecule has 7 nitrogen and oxygen atoms in total. The molecule has 1 heterocycles. The van der Waals surface area contributed by atoms with Gasteiger partial charge in [0.2, 0.25) is 5.91 Å². The Morgan fingerprint density at radius 2 is 1.94 bits per heavy atom. The predicted octanol–water partition coefficient (Wildman–Crippen LogP) is 3.05. The number of carbonyl (C=O) groups is 3. The molecule has 4 rings (SSSR count). The van der Waals surface area contributed by atoms with Crippen LogP contribution >= 0.6 is 11.6 Å². The number of nitriles is 1. The van der Waals surface area contributed by atoms with Crippen molar-refractivity contribution in [2.45, 2.75) is 24.9 Å². The Morgan fingerprint density at radius 1 is 1.25 bits per heavy atom. The van der Waals surface area contributed by atoms with Crippen LogP contribution in [0.2, 0.25) is 5.02 Å². The number of hydrogen-bond donors (Lipinski definition) is 0. The molecule has 9 heteroatoms. The molecule has 1 saturated heterocycles. The van der Waals surface area contributed by atoms with Crippen molar-refractivity contribution in [3.8, 4) is 6.07 Å². The Labute approximate surface area is 188 Å². The first-order chi connectivity index (χ1) is 15.3. The van der Waals surface area contributed by atoms with Crippen molar-refractivity contribution < 1.29 is 23.5 Å². The van der Waals surface area contributed by atoms with E-state index in [2.05, 4.69) is 0 Å². The van der Waals surface area contributed by atoms with Gasteiger partial charge in [-0.2, -0.15) is 5.26 Å². The molecule has 2 fully saturated rings. The molecule has 0 atom stereocenters. The van der Waals surface area contributed by atoms with Gasteiger partial charge in [-0.05, 0) is 48.7 Å². The zero-order valence-electron chi connectivity index (χ0n) is 17.2. The maximum absolute atomic E-state index is 14.7. The van der Waals surface area contributed by atoms with Crippen molar-refractivity contribution in [2.24, 2.45) is 5.92 Å². The second kappa shape index (κ2) is 8.24. The lowest BCUT2D eigenvalue weighted by Crippen LogP contribution is -2.73. The number of piperazine rings is 1. The van der Waals surface area contributed by atoms with Crippen LogP contribution in [0.1, 0.15) is 24.0 Å². The van der Waals surface area contributed by atoms with E-state index in [4.69, 9.17) is 21.6 Å².